The van der Waals surface area contributed by atoms with Crippen LogP contribution in [0.5, 0.6) is 0 Å². The number of anilines is 1. The van der Waals surface area contributed by atoms with Crippen molar-refractivity contribution in [3.05, 3.63) is 23.9 Å². The van der Waals surface area contributed by atoms with Gasteiger partial charge in [0.1, 0.15) is 5.82 Å². The third-order valence-electron chi connectivity index (χ3n) is 3.41. The van der Waals surface area contributed by atoms with Crippen LogP contribution in [0.2, 0.25) is 0 Å². The first-order chi connectivity index (χ1) is 7.83. The standard InChI is InChI=1S/C13H21N3/c1-11-6-3-2-4-9-16(11)13-12(10-14)7-5-8-15-13/h5,7-8,11H,2-4,6,9-10,14H2,1H3. The van der Waals surface area contributed by atoms with Gasteiger partial charge in [-0.3, -0.25) is 0 Å². The largest absolute Gasteiger partial charge is 0.354 e. The van der Waals surface area contributed by atoms with Crippen molar-refractivity contribution in [2.24, 2.45) is 5.73 Å². The fraction of sp³-hybridized carbons (Fsp3) is 0.615. The summed E-state index contributed by atoms with van der Waals surface area (Å²) < 4.78 is 0. The molecule has 0 aliphatic carbocycles. The first-order valence-corrected chi connectivity index (χ1v) is 6.23. The molecular formula is C13H21N3. The van der Waals surface area contributed by atoms with Gasteiger partial charge in [-0.25, -0.2) is 4.98 Å². The Balaban J connectivity index is 2.26. The van der Waals surface area contributed by atoms with Crippen molar-refractivity contribution in [1.29, 1.82) is 0 Å². The Bertz CT molecular complexity index is 338. The topological polar surface area (TPSA) is 42.2 Å². The smallest absolute Gasteiger partial charge is 0.133 e. The monoisotopic (exact) mass is 219 g/mol. The Hall–Kier alpha value is -1.09. The summed E-state index contributed by atoms with van der Waals surface area (Å²) >= 11 is 0. The summed E-state index contributed by atoms with van der Waals surface area (Å²) in [7, 11) is 0. The van der Waals surface area contributed by atoms with E-state index in [0.717, 1.165) is 17.9 Å². The van der Waals surface area contributed by atoms with Crippen LogP contribution in [0.3, 0.4) is 0 Å². The van der Waals surface area contributed by atoms with Gasteiger partial charge in [-0.1, -0.05) is 18.9 Å². The van der Waals surface area contributed by atoms with Gasteiger partial charge in [-0.15, -0.1) is 0 Å². The molecule has 1 aliphatic rings. The second-order valence-corrected chi connectivity index (χ2v) is 4.58. The van der Waals surface area contributed by atoms with E-state index in [1.807, 2.05) is 12.3 Å². The average molecular weight is 219 g/mol. The summed E-state index contributed by atoms with van der Waals surface area (Å²) in [4.78, 5) is 6.94. The predicted octanol–water partition coefficient (Wildman–Crippen LogP) is 2.31. The molecule has 2 heterocycles. The maximum atomic E-state index is 5.78. The highest BCUT2D eigenvalue weighted by Gasteiger charge is 2.19. The van der Waals surface area contributed by atoms with E-state index < -0.39 is 0 Å². The zero-order valence-electron chi connectivity index (χ0n) is 10.0. The number of hydrogen-bond acceptors (Lipinski definition) is 3. The zero-order chi connectivity index (χ0) is 11.4. The molecule has 1 saturated heterocycles. The second kappa shape index (κ2) is 5.30. The Labute approximate surface area is 97.7 Å². The van der Waals surface area contributed by atoms with E-state index in [-0.39, 0.29) is 0 Å². The van der Waals surface area contributed by atoms with E-state index in [4.69, 9.17) is 5.73 Å². The van der Waals surface area contributed by atoms with Crippen LogP contribution in [0.25, 0.3) is 0 Å². The summed E-state index contributed by atoms with van der Waals surface area (Å²) in [5, 5.41) is 0. The number of nitrogens with two attached hydrogens (primary N) is 1. The summed E-state index contributed by atoms with van der Waals surface area (Å²) in [5.41, 5.74) is 6.94. The molecule has 0 radical (unpaired) electrons. The van der Waals surface area contributed by atoms with Crippen molar-refractivity contribution in [1.82, 2.24) is 4.98 Å². The van der Waals surface area contributed by atoms with Gasteiger partial charge in [0.25, 0.3) is 0 Å². The molecule has 1 fully saturated rings. The van der Waals surface area contributed by atoms with Crippen molar-refractivity contribution in [2.75, 3.05) is 11.4 Å². The van der Waals surface area contributed by atoms with Gasteiger partial charge in [0.05, 0.1) is 0 Å². The average Bonchev–Trinajstić information content (AvgIpc) is 2.54. The van der Waals surface area contributed by atoms with Crippen molar-refractivity contribution >= 4 is 5.82 Å². The number of hydrogen-bond donors (Lipinski definition) is 1. The van der Waals surface area contributed by atoms with Crippen LogP contribution in [0.15, 0.2) is 18.3 Å². The third-order valence-corrected chi connectivity index (χ3v) is 3.41. The molecule has 0 aromatic carbocycles. The summed E-state index contributed by atoms with van der Waals surface area (Å²) in [6.45, 7) is 3.98. The number of nitrogens with zero attached hydrogens (tertiary/aromatic N) is 2. The molecule has 0 amide bonds. The van der Waals surface area contributed by atoms with E-state index in [1.54, 1.807) is 0 Å². The van der Waals surface area contributed by atoms with Crippen LogP contribution in [0.1, 0.15) is 38.2 Å². The quantitative estimate of drug-likeness (QED) is 0.830. The Morgan fingerprint density at radius 3 is 3.12 bits per heavy atom. The molecule has 0 spiro atoms. The highest BCUT2D eigenvalue weighted by molar-refractivity contribution is 5.47. The van der Waals surface area contributed by atoms with Crippen molar-refractivity contribution in [3.63, 3.8) is 0 Å². The first-order valence-electron chi connectivity index (χ1n) is 6.23. The molecule has 16 heavy (non-hydrogen) atoms. The zero-order valence-corrected chi connectivity index (χ0v) is 10.0. The van der Waals surface area contributed by atoms with Gasteiger partial charge >= 0.3 is 0 Å². The number of rotatable bonds is 2. The number of aromatic nitrogens is 1. The van der Waals surface area contributed by atoms with Crippen LogP contribution >= 0.6 is 0 Å². The van der Waals surface area contributed by atoms with Crippen LogP contribution < -0.4 is 10.6 Å². The predicted molar refractivity (Wildman–Crippen MR) is 67.4 cm³/mol. The molecule has 2 rings (SSSR count). The minimum atomic E-state index is 0.576. The van der Waals surface area contributed by atoms with Crippen molar-refractivity contribution in [3.8, 4) is 0 Å². The van der Waals surface area contributed by atoms with Crippen LogP contribution in [-0.2, 0) is 6.54 Å². The highest BCUT2D eigenvalue weighted by Crippen LogP contribution is 2.24. The summed E-state index contributed by atoms with van der Waals surface area (Å²) in [5.74, 6) is 1.10. The molecule has 1 aliphatic heterocycles. The lowest BCUT2D eigenvalue weighted by atomic mass is 10.1. The maximum absolute atomic E-state index is 5.78. The van der Waals surface area contributed by atoms with Gasteiger partial charge in [0, 0.05) is 30.9 Å². The van der Waals surface area contributed by atoms with Gasteiger partial charge in [0.2, 0.25) is 0 Å². The van der Waals surface area contributed by atoms with Crippen molar-refractivity contribution < 1.29 is 0 Å². The molecule has 3 heteroatoms. The molecule has 1 atom stereocenters. The van der Waals surface area contributed by atoms with E-state index >= 15 is 0 Å². The molecule has 2 N–H and O–H groups in total. The first kappa shape index (κ1) is 11.4. The lowest BCUT2D eigenvalue weighted by molar-refractivity contribution is 0.609. The van der Waals surface area contributed by atoms with Gasteiger partial charge in [0.15, 0.2) is 0 Å². The van der Waals surface area contributed by atoms with Gasteiger partial charge < -0.3 is 10.6 Å². The second-order valence-electron chi connectivity index (χ2n) is 4.58. The van der Waals surface area contributed by atoms with Gasteiger partial charge in [-0.2, -0.15) is 0 Å². The molecule has 88 valence electrons. The summed E-state index contributed by atoms with van der Waals surface area (Å²) in [6.07, 6.45) is 7.08. The normalized spacial score (nSPS) is 21.9. The lowest BCUT2D eigenvalue weighted by Crippen LogP contribution is -2.34. The van der Waals surface area contributed by atoms with E-state index in [9.17, 15) is 0 Å². The molecule has 1 aromatic heterocycles. The Morgan fingerprint density at radius 2 is 2.31 bits per heavy atom. The fourth-order valence-electron chi connectivity index (χ4n) is 2.44. The SMILES string of the molecule is CC1CCCCCN1c1ncccc1CN. The molecule has 0 saturated carbocycles. The molecular weight excluding hydrogens is 198 g/mol. The Morgan fingerprint density at radius 1 is 1.44 bits per heavy atom. The van der Waals surface area contributed by atoms with E-state index in [1.165, 1.54) is 25.7 Å². The number of pyridine rings is 1. The minimum Gasteiger partial charge on any atom is -0.354 e. The van der Waals surface area contributed by atoms with Crippen LogP contribution in [0.4, 0.5) is 5.82 Å². The van der Waals surface area contributed by atoms with Crippen LogP contribution in [0, 0.1) is 0 Å². The van der Waals surface area contributed by atoms with Crippen molar-refractivity contribution in [2.45, 2.75) is 45.2 Å². The minimum absolute atomic E-state index is 0.576. The lowest BCUT2D eigenvalue weighted by Gasteiger charge is -2.29. The van der Waals surface area contributed by atoms with E-state index in [2.05, 4.69) is 22.9 Å². The summed E-state index contributed by atoms with van der Waals surface area (Å²) in [6, 6.07) is 4.64. The van der Waals surface area contributed by atoms with E-state index in [0.29, 0.717) is 12.6 Å². The third kappa shape index (κ3) is 2.35. The maximum Gasteiger partial charge on any atom is 0.133 e. The van der Waals surface area contributed by atoms with Crippen LogP contribution in [-0.4, -0.2) is 17.6 Å². The molecule has 0 bridgehead atoms. The molecule has 1 aromatic rings. The highest BCUT2D eigenvalue weighted by atomic mass is 15.2. The fourth-order valence-corrected chi connectivity index (χ4v) is 2.44. The molecule has 3 nitrogen and oxygen atoms in total. The molecule has 1 unspecified atom stereocenters. The Kier molecular flexibility index (Phi) is 3.78. The van der Waals surface area contributed by atoms with Gasteiger partial charge in [-0.05, 0) is 25.8 Å².